The molecule has 0 saturated heterocycles. The fourth-order valence-electron chi connectivity index (χ4n) is 0.803. The van der Waals surface area contributed by atoms with Crippen molar-refractivity contribution in [3.63, 3.8) is 0 Å². The Bertz CT molecular complexity index is 230. The molecule has 0 spiro atoms. The third-order valence-corrected chi connectivity index (χ3v) is 1.69. The average molecular weight is 172 g/mol. The zero-order chi connectivity index (χ0) is 8.27. The molecule has 0 unspecified atom stereocenters. The normalized spacial score (nSPS) is 10.1. The van der Waals surface area contributed by atoms with E-state index in [4.69, 9.17) is 18.6 Å². The fraction of sp³-hybridized carbons (Fsp3) is 0.125. The summed E-state index contributed by atoms with van der Waals surface area (Å²) in [4.78, 5) is 0. The molecule has 0 aromatic heterocycles. The van der Waals surface area contributed by atoms with E-state index in [9.17, 15) is 4.39 Å². The highest BCUT2D eigenvalue weighted by Gasteiger charge is 2.03. The van der Waals surface area contributed by atoms with Gasteiger partial charge in [-0.25, -0.2) is 4.39 Å². The standard InChI is InChI=1S/C8H7ClFN/c1-11-5-6-7(9)3-2-4-8(6)10/h1-4,11H,5H2. The van der Waals surface area contributed by atoms with Gasteiger partial charge >= 0.3 is 0 Å². The molecule has 0 saturated carbocycles. The van der Waals surface area contributed by atoms with Crippen molar-refractivity contribution < 1.29 is 4.39 Å². The van der Waals surface area contributed by atoms with Crippen molar-refractivity contribution in [1.29, 1.82) is 0 Å². The van der Waals surface area contributed by atoms with Crippen molar-refractivity contribution in [3.05, 3.63) is 41.7 Å². The van der Waals surface area contributed by atoms with Gasteiger partial charge < -0.3 is 5.32 Å². The van der Waals surface area contributed by atoms with Gasteiger partial charge in [-0.05, 0) is 12.1 Å². The zero-order valence-corrected chi connectivity index (χ0v) is 6.53. The molecular formula is C8H7ClFN. The second-order valence-corrected chi connectivity index (χ2v) is 2.49. The molecule has 11 heavy (non-hydrogen) atoms. The van der Waals surface area contributed by atoms with Crippen LogP contribution in [0, 0.1) is 12.9 Å². The summed E-state index contributed by atoms with van der Waals surface area (Å²) in [6.45, 7) is 0.242. The van der Waals surface area contributed by atoms with Crippen molar-refractivity contribution in [2.45, 2.75) is 6.54 Å². The van der Waals surface area contributed by atoms with E-state index in [-0.39, 0.29) is 12.4 Å². The number of hydrogen-bond acceptors (Lipinski definition) is 1. The molecule has 1 aromatic rings. The van der Waals surface area contributed by atoms with Crippen molar-refractivity contribution in [1.82, 2.24) is 5.32 Å². The molecule has 0 heterocycles. The van der Waals surface area contributed by atoms with Gasteiger partial charge in [0.25, 0.3) is 0 Å². The molecule has 1 nitrogen and oxygen atoms in total. The summed E-state index contributed by atoms with van der Waals surface area (Å²) >= 11 is 5.67. The van der Waals surface area contributed by atoms with Crippen LogP contribution in [0.15, 0.2) is 18.2 Å². The predicted molar refractivity (Wildman–Crippen MR) is 42.5 cm³/mol. The highest BCUT2D eigenvalue weighted by atomic mass is 35.5. The maximum absolute atomic E-state index is 12.9. The van der Waals surface area contributed by atoms with E-state index in [1.165, 1.54) is 6.07 Å². The summed E-state index contributed by atoms with van der Waals surface area (Å²) < 4.78 is 12.9. The van der Waals surface area contributed by atoms with Crippen LogP contribution in [0.4, 0.5) is 4.39 Å². The molecular weight excluding hydrogens is 165 g/mol. The molecule has 58 valence electrons. The Hall–Kier alpha value is -0.600. The lowest BCUT2D eigenvalue weighted by molar-refractivity contribution is 0.604. The number of hydrogen-bond donors (Lipinski definition) is 1. The monoisotopic (exact) mass is 171 g/mol. The molecule has 0 amide bonds. The summed E-state index contributed by atoms with van der Waals surface area (Å²) in [5.74, 6) is -0.338. The van der Waals surface area contributed by atoms with Crippen molar-refractivity contribution in [3.8, 4) is 0 Å². The Labute approximate surface area is 70.2 Å². The number of halogens is 2. The molecule has 0 aliphatic rings. The SMILES string of the molecule is [CH]NCc1c(F)cccc1Cl. The third-order valence-electron chi connectivity index (χ3n) is 1.34. The number of benzene rings is 1. The number of nitrogens with one attached hydrogen (secondary N) is 1. The van der Waals surface area contributed by atoms with Crippen LogP contribution in [-0.2, 0) is 6.54 Å². The van der Waals surface area contributed by atoms with E-state index in [0.717, 1.165) is 0 Å². The van der Waals surface area contributed by atoms with Crippen LogP contribution in [0.25, 0.3) is 0 Å². The molecule has 0 bridgehead atoms. The van der Waals surface area contributed by atoms with E-state index in [1.54, 1.807) is 12.1 Å². The minimum Gasteiger partial charge on any atom is -0.307 e. The van der Waals surface area contributed by atoms with Crippen LogP contribution < -0.4 is 5.32 Å². The van der Waals surface area contributed by atoms with Gasteiger partial charge in [-0.2, -0.15) is 0 Å². The molecule has 3 heteroatoms. The lowest BCUT2D eigenvalue weighted by Crippen LogP contribution is -2.04. The second kappa shape index (κ2) is 3.69. The first-order valence-electron chi connectivity index (χ1n) is 3.12. The van der Waals surface area contributed by atoms with Crippen molar-refractivity contribution in [2.24, 2.45) is 0 Å². The van der Waals surface area contributed by atoms with E-state index in [2.05, 4.69) is 5.32 Å². The summed E-state index contributed by atoms with van der Waals surface area (Å²) in [5.41, 5.74) is 0.400. The topological polar surface area (TPSA) is 12.0 Å². The first-order chi connectivity index (χ1) is 5.25. The predicted octanol–water partition coefficient (Wildman–Crippen LogP) is 2.24. The van der Waals surface area contributed by atoms with Gasteiger partial charge in [-0.15, -0.1) is 0 Å². The van der Waals surface area contributed by atoms with Gasteiger partial charge in [0.1, 0.15) is 5.82 Å². The van der Waals surface area contributed by atoms with Crippen molar-refractivity contribution >= 4 is 11.6 Å². The van der Waals surface area contributed by atoms with Gasteiger partial charge in [-0.1, -0.05) is 17.7 Å². The Balaban J connectivity index is 3.00. The third kappa shape index (κ3) is 1.91. The molecule has 0 aliphatic heterocycles. The van der Waals surface area contributed by atoms with Gasteiger partial charge in [0.2, 0.25) is 0 Å². The van der Waals surface area contributed by atoms with Gasteiger partial charge in [-0.3, -0.25) is 0 Å². The molecule has 0 atom stereocenters. The second-order valence-electron chi connectivity index (χ2n) is 2.08. The quantitative estimate of drug-likeness (QED) is 0.673. The van der Waals surface area contributed by atoms with Crippen LogP contribution >= 0.6 is 11.6 Å². The lowest BCUT2D eigenvalue weighted by atomic mass is 10.2. The van der Waals surface area contributed by atoms with Crippen LogP contribution in [-0.4, -0.2) is 0 Å². The maximum Gasteiger partial charge on any atom is 0.129 e. The first kappa shape index (κ1) is 8.50. The zero-order valence-electron chi connectivity index (χ0n) is 5.77. The van der Waals surface area contributed by atoms with Crippen LogP contribution in [0.1, 0.15) is 5.56 Å². The van der Waals surface area contributed by atoms with Crippen LogP contribution in [0.3, 0.4) is 0 Å². The molecule has 0 aliphatic carbocycles. The molecule has 1 N–H and O–H groups in total. The number of rotatable bonds is 2. The van der Waals surface area contributed by atoms with Gasteiger partial charge in [0, 0.05) is 24.2 Å². The Morgan fingerprint density at radius 1 is 1.55 bits per heavy atom. The van der Waals surface area contributed by atoms with Crippen molar-refractivity contribution in [2.75, 3.05) is 0 Å². The summed E-state index contributed by atoms with van der Waals surface area (Å²) in [6.07, 6.45) is 0. The largest absolute Gasteiger partial charge is 0.307 e. The van der Waals surface area contributed by atoms with E-state index in [0.29, 0.717) is 10.6 Å². The molecule has 1 aromatic carbocycles. The van der Waals surface area contributed by atoms with E-state index < -0.39 is 0 Å². The van der Waals surface area contributed by atoms with Gasteiger partial charge in [0.15, 0.2) is 0 Å². The van der Waals surface area contributed by atoms with E-state index in [1.807, 2.05) is 0 Å². The lowest BCUT2D eigenvalue weighted by Gasteiger charge is -2.02. The van der Waals surface area contributed by atoms with Crippen LogP contribution in [0.5, 0.6) is 0 Å². The molecule has 2 radical (unpaired) electrons. The highest BCUT2D eigenvalue weighted by molar-refractivity contribution is 6.31. The maximum atomic E-state index is 12.9. The van der Waals surface area contributed by atoms with Gasteiger partial charge in [0.05, 0.1) is 0 Å². The molecule has 0 fully saturated rings. The smallest absolute Gasteiger partial charge is 0.129 e. The first-order valence-corrected chi connectivity index (χ1v) is 3.50. The van der Waals surface area contributed by atoms with E-state index >= 15 is 0 Å². The summed E-state index contributed by atoms with van der Waals surface area (Å²) in [6, 6.07) is 4.52. The Morgan fingerprint density at radius 2 is 2.27 bits per heavy atom. The Kier molecular flexibility index (Phi) is 2.85. The van der Waals surface area contributed by atoms with Crippen LogP contribution in [0.2, 0.25) is 5.02 Å². The minimum atomic E-state index is -0.338. The minimum absolute atomic E-state index is 0.242. The fourth-order valence-corrected chi connectivity index (χ4v) is 1.03. The Morgan fingerprint density at radius 3 is 2.82 bits per heavy atom. The summed E-state index contributed by atoms with van der Waals surface area (Å²) in [5, 5.41) is 2.73. The molecule has 1 rings (SSSR count). The summed E-state index contributed by atoms with van der Waals surface area (Å²) in [7, 11) is 5.02. The highest BCUT2D eigenvalue weighted by Crippen LogP contribution is 2.18. The average Bonchev–Trinajstić information content (AvgIpc) is 1.97.